The second kappa shape index (κ2) is 29.9. The van der Waals surface area contributed by atoms with E-state index in [0.29, 0.717) is 12.8 Å². The molecule has 0 aliphatic carbocycles. The van der Waals surface area contributed by atoms with E-state index in [1.807, 2.05) is 0 Å². The fourth-order valence-corrected chi connectivity index (χ4v) is 4.97. The van der Waals surface area contributed by atoms with Gasteiger partial charge in [-0.3, -0.25) is 9.59 Å². The van der Waals surface area contributed by atoms with Gasteiger partial charge in [-0.05, 0) is 18.8 Å². The van der Waals surface area contributed by atoms with Gasteiger partial charge in [-0.2, -0.15) is 0 Å². The molecular weight excluding hydrogens is 488 g/mol. The van der Waals surface area contributed by atoms with Gasteiger partial charge in [-0.25, -0.2) is 0 Å². The average Bonchev–Trinajstić information content (AvgIpc) is 2.92. The maximum Gasteiger partial charge on any atom is 0.306 e. The van der Waals surface area contributed by atoms with Crippen LogP contribution in [0.5, 0.6) is 0 Å². The number of aliphatic hydroxyl groups is 1. The molecule has 232 valence electrons. The van der Waals surface area contributed by atoms with Crippen LogP contribution in [0.3, 0.4) is 0 Å². The Kier molecular flexibility index (Phi) is 29.0. The molecule has 0 saturated heterocycles. The SMILES string of the molecule is CCCCCCCCCC(=O)OC[C@H](CO)OC(=O)CCCCCCCCCCCCCCCCCC(C)C. The van der Waals surface area contributed by atoms with Crippen molar-refractivity contribution in [3.05, 3.63) is 0 Å². The molecule has 0 unspecified atom stereocenters. The van der Waals surface area contributed by atoms with Crippen molar-refractivity contribution in [2.75, 3.05) is 13.2 Å². The number of hydrogen-bond donors (Lipinski definition) is 1. The molecule has 0 aliphatic heterocycles. The minimum absolute atomic E-state index is 0.0595. The van der Waals surface area contributed by atoms with Gasteiger partial charge in [0.05, 0.1) is 6.61 Å². The molecule has 0 bridgehead atoms. The predicted molar refractivity (Wildman–Crippen MR) is 164 cm³/mol. The standard InChI is InChI=1S/C34H66O5/c1-4-5-6-7-17-21-24-27-33(36)38-30-32(29-35)39-34(37)28-25-22-19-16-14-12-10-8-9-11-13-15-18-20-23-26-31(2)3/h31-32,35H,4-30H2,1-3H3/t32-/m0/s1. The summed E-state index contributed by atoms with van der Waals surface area (Å²) in [6.07, 6.45) is 28.8. The smallest absolute Gasteiger partial charge is 0.306 e. The van der Waals surface area contributed by atoms with Gasteiger partial charge in [0.2, 0.25) is 0 Å². The largest absolute Gasteiger partial charge is 0.462 e. The van der Waals surface area contributed by atoms with Crippen molar-refractivity contribution in [2.45, 2.75) is 187 Å². The number of carbonyl (C=O) groups excluding carboxylic acids is 2. The molecule has 0 aromatic heterocycles. The first-order chi connectivity index (χ1) is 19.0. The normalized spacial score (nSPS) is 12.1. The lowest BCUT2D eigenvalue weighted by Crippen LogP contribution is -2.28. The lowest BCUT2D eigenvalue weighted by atomic mass is 10.0. The highest BCUT2D eigenvalue weighted by atomic mass is 16.6. The maximum absolute atomic E-state index is 12.1. The molecule has 0 fully saturated rings. The Morgan fingerprint density at radius 2 is 0.949 bits per heavy atom. The summed E-state index contributed by atoms with van der Waals surface area (Å²) < 4.78 is 10.5. The number of carbonyl (C=O) groups is 2. The van der Waals surface area contributed by atoms with Crippen LogP contribution in [-0.4, -0.2) is 36.4 Å². The second-order valence-corrected chi connectivity index (χ2v) is 12.1. The van der Waals surface area contributed by atoms with Crippen molar-refractivity contribution in [2.24, 2.45) is 5.92 Å². The van der Waals surface area contributed by atoms with Crippen molar-refractivity contribution in [1.29, 1.82) is 0 Å². The van der Waals surface area contributed by atoms with Crippen molar-refractivity contribution in [3.8, 4) is 0 Å². The molecule has 1 atom stereocenters. The molecule has 0 aromatic rings. The molecule has 5 nitrogen and oxygen atoms in total. The van der Waals surface area contributed by atoms with Crippen LogP contribution in [0.4, 0.5) is 0 Å². The predicted octanol–water partition coefficient (Wildman–Crippen LogP) is 9.86. The Hall–Kier alpha value is -1.10. The number of rotatable bonds is 30. The van der Waals surface area contributed by atoms with Crippen LogP contribution < -0.4 is 0 Å². The number of hydrogen-bond acceptors (Lipinski definition) is 5. The summed E-state index contributed by atoms with van der Waals surface area (Å²) in [5.74, 6) is 0.266. The highest BCUT2D eigenvalue weighted by molar-refractivity contribution is 5.70. The van der Waals surface area contributed by atoms with E-state index >= 15 is 0 Å². The quantitative estimate of drug-likeness (QED) is 0.0706. The molecule has 5 heteroatoms. The minimum Gasteiger partial charge on any atom is -0.462 e. The van der Waals surface area contributed by atoms with Crippen LogP contribution >= 0.6 is 0 Å². The summed E-state index contributed by atoms with van der Waals surface area (Å²) >= 11 is 0. The van der Waals surface area contributed by atoms with E-state index in [9.17, 15) is 14.7 Å². The molecular formula is C34H66O5. The summed E-state index contributed by atoms with van der Waals surface area (Å²) in [6.45, 7) is 6.45. The third kappa shape index (κ3) is 29.7. The Morgan fingerprint density at radius 3 is 1.36 bits per heavy atom. The fraction of sp³-hybridized carbons (Fsp3) is 0.941. The third-order valence-corrected chi connectivity index (χ3v) is 7.58. The second-order valence-electron chi connectivity index (χ2n) is 12.1. The Bertz CT molecular complexity index is 534. The minimum atomic E-state index is -0.759. The number of aliphatic hydroxyl groups excluding tert-OH is 1. The molecule has 39 heavy (non-hydrogen) atoms. The average molecular weight is 555 g/mol. The first-order valence-electron chi connectivity index (χ1n) is 17.0. The monoisotopic (exact) mass is 554 g/mol. The number of unbranched alkanes of at least 4 members (excludes halogenated alkanes) is 20. The van der Waals surface area contributed by atoms with E-state index in [1.165, 1.54) is 109 Å². The molecule has 0 saturated carbocycles. The molecule has 0 heterocycles. The summed E-state index contributed by atoms with van der Waals surface area (Å²) in [5, 5.41) is 9.46. The van der Waals surface area contributed by atoms with Gasteiger partial charge in [0.15, 0.2) is 6.10 Å². The van der Waals surface area contributed by atoms with Gasteiger partial charge in [0, 0.05) is 12.8 Å². The van der Waals surface area contributed by atoms with Gasteiger partial charge in [-0.15, -0.1) is 0 Å². The van der Waals surface area contributed by atoms with Crippen LogP contribution in [0.1, 0.15) is 181 Å². The zero-order valence-electron chi connectivity index (χ0n) is 26.3. The molecule has 0 rings (SSSR count). The van der Waals surface area contributed by atoms with E-state index in [1.54, 1.807) is 0 Å². The lowest BCUT2D eigenvalue weighted by Gasteiger charge is -2.15. The van der Waals surface area contributed by atoms with Gasteiger partial charge < -0.3 is 14.6 Å². The lowest BCUT2D eigenvalue weighted by molar-refractivity contribution is -0.161. The van der Waals surface area contributed by atoms with Crippen molar-refractivity contribution in [1.82, 2.24) is 0 Å². The first-order valence-corrected chi connectivity index (χ1v) is 17.0. The summed E-state index contributed by atoms with van der Waals surface area (Å²) in [6, 6.07) is 0. The van der Waals surface area contributed by atoms with Crippen LogP contribution in [0, 0.1) is 5.92 Å². The van der Waals surface area contributed by atoms with Crippen LogP contribution in [-0.2, 0) is 19.1 Å². The highest BCUT2D eigenvalue weighted by Crippen LogP contribution is 2.15. The zero-order chi connectivity index (χ0) is 28.8. The summed E-state index contributed by atoms with van der Waals surface area (Å²) in [7, 11) is 0. The Balaban J connectivity index is 3.48. The van der Waals surface area contributed by atoms with Crippen LogP contribution in [0.2, 0.25) is 0 Å². The molecule has 1 N–H and O–H groups in total. The number of esters is 2. The van der Waals surface area contributed by atoms with Gasteiger partial charge in [0.25, 0.3) is 0 Å². The third-order valence-electron chi connectivity index (χ3n) is 7.58. The van der Waals surface area contributed by atoms with Crippen LogP contribution in [0.15, 0.2) is 0 Å². The highest BCUT2D eigenvalue weighted by Gasteiger charge is 2.16. The van der Waals surface area contributed by atoms with E-state index in [4.69, 9.17) is 9.47 Å². The first kappa shape index (κ1) is 37.9. The topological polar surface area (TPSA) is 72.8 Å². The van der Waals surface area contributed by atoms with E-state index in [0.717, 1.165) is 44.4 Å². The van der Waals surface area contributed by atoms with Gasteiger partial charge in [0.1, 0.15) is 6.61 Å². The molecule has 0 aliphatic rings. The van der Waals surface area contributed by atoms with E-state index in [2.05, 4.69) is 20.8 Å². The molecule has 0 aromatic carbocycles. The van der Waals surface area contributed by atoms with E-state index in [-0.39, 0.29) is 25.2 Å². The van der Waals surface area contributed by atoms with E-state index < -0.39 is 6.10 Å². The zero-order valence-corrected chi connectivity index (χ0v) is 26.3. The molecule has 0 radical (unpaired) electrons. The maximum atomic E-state index is 12.1. The number of ether oxygens (including phenoxy) is 2. The van der Waals surface area contributed by atoms with Crippen molar-refractivity contribution in [3.63, 3.8) is 0 Å². The van der Waals surface area contributed by atoms with Crippen LogP contribution in [0.25, 0.3) is 0 Å². The van der Waals surface area contributed by atoms with Crippen molar-refractivity contribution >= 4 is 11.9 Å². The summed E-state index contributed by atoms with van der Waals surface area (Å²) in [5.41, 5.74) is 0. The Morgan fingerprint density at radius 1 is 0.564 bits per heavy atom. The summed E-state index contributed by atoms with van der Waals surface area (Å²) in [4.78, 5) is 24.0. The Labute approximate surface area is 242 Å². The van der Waals surface area contributed by atoms with Gasteiger partial charge in [-0.1, -0.05) is 156 Å². The molecule has 0 amide bonds. The molecule has 0 spiro atoms. The fourth-order valence-electron chi connectivity index (χ4n) is 4.97. The van der Waals surface area contributed by atoms with Crippen molar-refractivity contribution < 1.29 is 24.2 Å². The van der Waals surface area contributed by atoms with Gasteiger partial charge >= 0.3 is 11.9 Å².